The number of nitrogens with one attached hydrogen (secondary N) is 2. The molecule has 0 radical (unpaired) electrons. The van der Waals surface area contributed by atoms with E-state index in [1.54, 1.807) is 24.5 Å². The highest BCUT2D eigenvalue weighted by atomic mass is 32.1. The molecule has 2 aromatic carbocycles. The Morgan fingerprint density at radius 3 is 2.84 bits per heavy atom. The number of rotatable bonds is 5. The van der Waals surface area contributed by atoms with Crippen molar-refractivity contribution in [3.05, 3.63) is 64.6 Å². The van der Waals surface area contributed by atoms with Crippen LogP contribution in [0.4, 0.5) is 5.69 Å². The maximum Gasteiger partial charge on any atom is 0.296 e. The molecule has 8 nitrogen and oxygen atoms in total. The molecule has 1 amide bonds. The summed E-state index contributed by atoms with van der Waals surface area (Å²) in [4.78, 5) is 18.7. The number of amides is 1. The van der Waals surface area contributed by atoms with Crippen molar-refractivity contribution in [2.45, 2.75) is 20.4 Å². The molecule has 0 spiro atoms. The average Bonchev–Trinajstić information content (AvgIpc) is 3.45. The van der Waals surface area contributed by atoms with Crippen molar-refractivity contribution in [1.29, 1.82) is 0 Å². The summed E-state index contributed by atoms with van der Waals surface area (Å²) in [6, 6.07) is 15.7. The molecule has 0 unspecified atom stereocenters. The van der Waals surface area contributed by atoms with Crippen LogP contribution in [-0.2, 0) is 11.3 Å². The normalized spacial score (nSPS) is 15.2. The maximum absolute atomic E-state index is 12.9. The van der Waals surface area contributed by atoms with Crippen LogP contribution in [0.5, 0.6) is 0 Å². The second-order valence-electron chi connectivity index (χ2n) is 7.17. The SMILES string of the molecule is CC1=NN(Cc2nc(-c3ccccc3)c(C)s2)C(=O)/C1=N/Nc1ccc2[nH]ncc2c1. The first-order valence-electron chi connectivity index (χ1n) is 9.74. The summed E-state index contributed by atoms with van der Waals surface area (Å²) >= 11 is 1.57. The van der Waals surface area contributed by atoms with Gasteiger partial charge >= 0.3 is 0 Å². The van der Waals surface area contributed by atoms with Crippen LogP contribution in [0.1, 0.15) is 16.8 Å². The summed E-state index contributed by atoms with van der Waals surface area (Å²) in [5.41, 5.74) is 7.53. The molecule has 0 fully saturated rings. The van der Waals surface area contributed by atoms with Crippen LogP contribution in [0.15, 0.2) is 64.9 Å². The molecular formula is C22H19N7OS. The lowest BCUT2D eigenvalue weighted by Gasteiger charge is -2.09. The fourth-order valence-electron chi connectivity index (χ4n) is 3.43. The number of hydrazone groups is 2. The van der Waals surface area contributed by atoms with E-state index in [1.807, 2.05) is 55.5 Å². The van der Waals surface area contributed by atoms with Crippen molar-refractivity contribution in [2.24, 2.45) is 10.2 Å². The number of aromatic amines is 1. The first-order valence-corrected chi connectivity index (χ1v) is 10.6. The number of benzene rings is 2. The standard InChI is InChI=1S/C22H19N7OS/c1-13-20(27-25-17-8-9-18-16(10-17)11-23-26-18)22(30)29(28-13)12-19-24-21(14(2)31-19)15-6-4-3-5-7-15/h3-11,25H,12H2,1-2H3,(H,23,26)/b27-20+. The molecule has 2 N–H and O–H groups in total. The van der Waals surface area contributed by atoms with Crippen LogP contribution in [0.3, 0.4) is 0 Å². The number of carbonyl (C=O) groups is 1. The highest BCUT2D eigenvalue weighted by Gasteiger charge is 2.30. The third kappa shape index (κ3) is 3.71. The molecule has 0 aliphatic carbocycles. The molecule has 0 bridgehead atoms. The highest BCUT2D eigenvalue weighted by Crippen LogP contribution is 2.28. The number of carbonyl (C=O) groups excluding carboxylic acids is 1. The summed E-state index contributed by atoms with van der Waals surface area (Å²) in [6.07, 6.45) is 1.74. The minimum atomic E-state index is -0.247. The topological polar surface area (TPSA) is 98.6 Å². The number of aromatic nitrogens is 3. The lowest BCUT2D eigenvalue weighted by atomic mass is 10.1. The summed E-state index contributed by atoms with van der Waals surface area (Å²) in [7, 11) is 0. The smallest absolute Gasteiger partial charge is 0.278 e. The van der Waals surface area contributed by atoms with Crippen LogP contribution in [0, 0.1) is 6.92 Å². The van der Waals surface area contributed by atoms with E-state index >= 15 is 0 Å². The highest BCUT2D eigenvalue weighted by molar-refractivity contribution is 7.12. The van der Waals surface area contributed by atoms with Gasteiger partial charge in [0.15, 0.2) is 5.71 Å². The molecule has 154 valence electrons. The van der Waals surface area contributed by atoms with Crippen molar-refractivity contribution in [3.63, 3.8) is 0 Å². The van der Waals surface area contributed by atoms with Gasteiger partial charge in [0.2, 0.25) is 0 Å². The van der Waals surface area contributed by atoms with Crippen molar-refractivity contribution in [2.75, 3.05) is 5.43 Å². The lowest BCUT2D eigenvalue weighted by Crippen LogP contribution is -2.27. The zero-order chi connectivity index (χ0) is 21.4. The van der Waals surface area contributed by atoms with Crippen molar-refractivity contribution < 1.29 is 4.79 Å². The van der Waals surface area contributed by atoms with E-state index in [1.165, 1.54) is 5.01 Å². The quantitative estimate of drug-likeness (QED) is 0.465. The number of nitrogens with zero attached hydrogens (tertiary/aromatic N) is 5. The monoisotopic (exact) mass is 429 g/mol. The molecule has 0 saturated heterocycles. The molecule has 3 heterocycles. The van der Waals surface area contributed by atoms with Gasteiger partial charge in [-0.25, -0.2) is 9.99 Å². The lowest BCUT2D eigenvalue weighted by molar-refractivity contribution is -0.123. The summed E-state index contributed by atoms with van der Waals surface area (Å²) < 4.78 is 0. The number of anilines is 1. The number of hydrogen-bond acceptors (Lipinski definition) is 7. The number of H-pyrrole nitrogens is 1. The van der Waals surface area contributed by atoms with E-state index in [0.29, 0.717) is 18.0 Å². The van der Waals surface area contributed by atoms with E-state index in [2.05, 4.69) is 25.8 Å². The van der Waals surface area contributed by atoms with E-state index in [9.17, 15) is 4.79 Å². The van der Waals surface area contributed by atoms with Gasteiger partial charge in [0.1, 0.15) is 5.01 Å². The zero-order valence-corrected chi connectivity index (χ0v) is 17.8. The van der Waals surface area contributed by atoms with Crippen molar-refractivity contribution in [3.8, 4) is 11.3 Å². The Morgan fingerprint density at radius 2 is 2.00 bits per heavy atom. The van der Waals surface area contributed by atoms with Gasteiger partial charge in [-0.3, -0.25) is 15.3 Å². The molecule has 4 aromatic rings. The van der Waals surface area contributed by atoms with Gasteiger partial charge in [0.05, 0.1) is 35.4 Å². The predicted octanol–water partition coefficient (Wildman–Crippen LogP) is 4.18. The van der Waals surface area contributed by atoms with Gasteiger partial charge in [-0.05, 0) is 32.0 Å². The molecule has 0 saturated carbocycles. The van der Waals surface area contributed by atoms with Crippen LogP contribution in [0.25, 0.3) is 22.2 Å². The van der Waals surface area contributed by atoms with Gasteiger partial charge < -0.3 is 0 Å². The van der Waals surface area contributed by atoms with E-state index in [-0.39, 0.29) is 5.91 Å². The number of aryl methyl sites for hydroxylation is 1. The Kier molecular flexibility index (Phi) is 4.79. The molecule has 31 heavy (non-hydrogen) atoms. The molecule has 0 atom stereocenters. The zero-order valence-electron chi connectivity index (χ0n) is 17.0. The maximum atomic E-state index is 12.9. The minimum Gasteiger partial charge on any atom is -0.278 e. The second kappa shape index (κ2) is 7.77. The first kappa shape index (κ1) is 19.1. The van der Waals surface area contributed by atoms with E-state index < -0.39 is 0 Å². The van der Waals surface area contributed by atoms with Gasteiger partial charge in [0, 0.05) is 15.8 Å². The minimum absolute atomic E-state index is 0.247. The summed E-state index contributed by atoms with van der Waals surface area (Å²) in [6.45, 7) is 4.13. The first-order chi connectivity index (χ1) is 15.1. The van der Waals surface area contributed by atoms with Crippen molar-refractivity contribution >= 4 is 45.3 Å². The third-order valence-electron chi connectivity index (χ3n) is 4.96. The number of thiazole rings is 1. The Morgan fingerprint density at radius 1 is 1.16 bits per heavy atom. The fraction of sp³-hybridized carbons (Fsp3) is 0.136. The molecule has 5 rings (SSSR count). The Balaban J connectivity index is 1.32. The Hall–Kier alpha value is -3.85. The average molecular weight is 430 g/mol. The van der Waals surface area contributed by atoms with Crippen molar-refractivity contribution in [1.82, 2.24) is 20.2 Å². The summed E-state index contributed by atoms with van der Waals surface area (Å²) in [5.74, 6) is -0.247. The molecule has 1 aliphatic rings. The summed E-state index contributed by atoms with van der Waals surface area (Å²) in [5, 5.41) is 18.8. The van der Waals surface area contributed by atoms with Gasteiger partial charge in [0.25, 0.3) is 5.91 Å². The van der Waals surface area contributed by atoms with Gasteiger partial charge in [-0.1, -0.05) is 30.3 Å². The van der Waals surface area contributed by atoms with Gasteiger partial charge in [-0.2, -0.15) is 15.3 Å². The Labute approximate surface area is 182 Å². The third-order valence-corrected chi connectivity index (χ3v) is 5.92. The Bertz CT molecular complexity index is 1340. The van der Waals surface area contributed by atoms with Crippen LogP contribution in [-0.4, -0.2) is 37.5 Å². The molecule has 2 aromatic heterocycles. The molecule has 1 aliphatic heterocycles. The van der Waals surface area contributed by atoms with Crippen LogP contribution >= 0.6 is 11.3 Å². The fourth-order valence-corrected chi connectivity index (χ4v) is 4.37. The number of hydrogen-bond donors (Lipinski definition) is 2. The van der Waals surface area contributed by atoms with Gasteiger partial charge in [-0.15, -0.1) is 11.3 Å². The molecular weight excluding hydrogens is 410 g/mol. The predicted molar refractivity (Wildman–Crippen MR) is 123 cm³/mol. The van der Waals surface area contributed by atoms with Crippen LogP contribution in [0.2, 0.25) is 0 Å². The van der Waals surface area contributed by atoms with Crippen LogP contribution < -0.4 is 5.43 Å². The second-order valence-corrected chi connectivity index (χ2v) is 8.46. The van der Waals surface area contributed by atoms with E-state index in [0.717, 1.165) is 37.7 Å². The molecule has 9 heteroatoms. The largest absolute Gasteiger partial charge is 0.296 e. The van der Waals surface area contributed by atoms with E-state index in [4.69, 9.17) is 4.98 Å². The number of fused-ring (bicyclic) bond motifs is 1.